The number of nitrogens with one attached hydrogen (secondary N) is 1. The Bertz CT molecular complexity index is 568. The molecule has 98 valence electrons. The first-order valence-electron chi connectivity index (χ1n) is 5.95. The predicted molar refractivity (Wildman–Crippen MR) is 61.9 cm³/mol. The van der Waals surface area contributed by atoms with Crippen LogP contribution in [-0.4, -0.2) is 23.9 Å². The third-order valence-electron chi connectivity index (χ3n) is 3.18. The zero-order valence-corrected chi connectivity index (χ0v) is 9.92. The fourth-order valence-electron chi connectivity index (χ4n) is 2.22. The lowest BCUT2D eigenvalue weighted by atomic mass is 10.1. The monoisotopic (exact) mass is 261 g/mol. The number of hydrogen-bond acceptors (Lipinski definition) is 6. The van der Waals surface area contributed by atoms with Gasteiger partial charge in [0.05, 0.1) is 5.56 Å². The normalized spacial score (nSPS) is 25.8. The topological polar surface area (TPSA) is 81.7 Å². The Morgan fingerprint density at radius 3 is 2.74 bits per heavy atom. The molecule has 6 nitrogen and oxygen atoms in total. The van der Waals surface area contributed by atoms with Crippen LogP contribution in [0.2, 0.25) is 0 Å². The number of ether oxygens (including phenoxy) is 2. The summed E-state index contributed by atoms with van der Waals surface area (Å²) in [4.78, 5) is 34.1. The average molecular weight is 261 g/mol. The maximum Gasteiger partial charge on any atom is 0.340 e. The highest BCUT2D eigenvalue weighted by Crippen LogP contribution is 2.29. The van der Waals surface area contributed by atoms with Crippen LogP contribution in [0.3, 0.4) is 0 Å². The third-order valence-corrected chi connectivity index (χ3v) is 3.18. The molecule has 0 amide bonds. The van der Waals surface area contributed by atoms with Crippen LogP contribution in [0, 0.1) is 0 Å². The van der Waals surface area contributed by atoms with Gasteiger partial charge in [0.25, 0.3) is 0 Å². The van der Waals surface area contributed by atoms with E-state index in [4.69, 9.17) is 4.74 Å². The lowest BCUT2D eigenvalue weighted by Crippen LogP contribution is -2.44. The van der Waals surface area contributed by atoms with E-state index in [0.717, 1.165) is 0 Å². The highest BCUT2D eigenvalue weighted by Gasteiger charge is 2.36. The van der Waals surface area contributed by atoms with Gasteiger partial charge in [-0.05, 0) is 12.5 Å². The fourth-order valence-corrected chi connectivity index (χ4v) is 2.22. The van der Waals surface area contributed by atoms with E-state index < -0.39 is 30.2 Å². The Labute approximate surface area is 108 Å². The molecule has 1 aromatic rings. The number of cyclic esters (lactones) is 3. The molecule has 0 bridgehead atoms. The summed E-state index contributed by atoms with van der Waals surface area (Å²) in [6.07, 6.45) is -0.158. The van der Waals surface area contributed by atoms with Gasteiger partial charge in [0.1, 0.15) is 6.04 Å². The van der Waals surface area contributed by atoms with Crippen LogP contribution in [0.4, 0.5) is 0 Å². The smallest absolute Gasteiger partial charge is 0.340 e. The SMILES string of the molecule is O=C1CC[C@@H](N[C@H]2OC(=O)c3ccccc32)C(=O)O1. The first-order chi connectivity index (χ1) is 9.15. The number of carbonyl (C=O) groups excluding carboxylic acids is 3. The van der Waals surface area contributed by atoms with Crippen LogP contribution in [0.1, 0.15) is 35.0 Å². The molecule has 0 radical (unpaired) electrons. The van der Waals surface area contributed by atoms with Gasteiger partial charge in [-0.15, -0.1) is 0 Å². The molecule has 2 atom stereocenters. The van der Waals surface area contributed by atoms with Crippen LogP contribution in [0.5, 0.6) is 0 Å². The van der Waals surface area contributed by atoms with Gasteiger partial charge >= 0.3 is 17.9 Å². The first kappa shape index (κ1) is 11.9. The van der Waals surface area contributed by atoms with Crippen molar-refractivity contribution in [1.82, 2.24) is 5.32 Å². The Hall–Kier alpha value is -2.21. The van der Waals surface area contributed by atoms with Gasteiger partial charge < -0.3 is 9.47 Å². The van der Waals surface area contributed by atoms with Gasteiger partial charge in [0, 0.05) is 12.0 Å². The number of carbonyl (C=O) groups is 3. The molecule has 2 aliphatic heterocycles. The lowest BCUT2D eigenvalue weighted by molar-refractivity contribution is -0.166. The van der Waals surface area contributed by atoms with Gasteiger partial charge in [-0.25, -0.2) is 9.59 Å². The number of rotatable bonds is 2. The Morgan fingerprint density at radius 2 is 1.95 bits per heavy atom. The summed E-state index contributed by atoms with van der Waals surface area (Å²) in [6.45, 7) is 0. The molecule has 1 aromatic carbocycles. The van der Waals surface area contributed by atoms with E-state index in [1.165, 1.54) is 0 Å². The summed E-state index contributed by atoms with van der Waals surface area (Å²) >= 11 is 0. The van der Waals surface area contributed by atoms with Crippen molar-refractivity contribution in [3.05, 3.63) is 35.4 Å². The summed E-state index contributed by atoms with van der Waals surface area (Å²) in [5.74, 6) is -1.57. The van der Waals surface area contributed by atoms with E-state index in [1.807, 2.05) is 0 Å². The van der Waals surface area contributed by atoms with Crippen molar-refractivity contribution in [2.75, 3.05) is 0 Å². The van der Waals surface area contributed by atoms with Gasteiger partial charge in [-0.1, -0.05) is 18.2 Å². The predicted octanol–water partition coefficient (Wildman–Crippen LogP) is 0.677. The van der Waals surface area contributed by atoms with Crippen molar-refractivity contribution in [3.8, 4) is 0 Å². The van der Waals surface area contributed by atoms with Crippen LogP contribution in [-0.2, 0) is 19.1 Å². The molecule has 2 heterocycles. The fraction of sp³-hybridized carbons (Fsp3) is 0.308. The highest BCUT2D eigenvalue weighted by atomic mass is 16.6. The molecule has 1 saturated heterocycles. The lowest BCUT2D eigenvalue weighted by Gasteiger charge is -2.23. The van der Waals surface area contributed by atoms with Crippen LogP contribution in [0.25, 0.3) is 0 Å². The summed E-state index contributed by atoms with van der Waals surface area (Å²) in [7, 11) is 0. The van der Waals surface area contributed by atoms with Crippen LogP contribution >= 0.6 is 0 Å². The van der Waals surface area contributed by atoms with Gasteiger partial charge in [-0.3, -0.25) is 10.1 Å². The quantitative estimate of drug-likeness (QED) is 0.622. The average Bonchev–Trinajstić information content (AvgIpc) is 2.71. The molecule has 3 rings (SSSR count). The molecule has 0 unspecified atom stereocenters. The zero-order valence-electron chi connectivity index (χ0n) is 9.92. The molecule has 6 heteroatoms. The second kappa shape index (κ2) is 4.47. The van der Waals surface area contributed by atoms with E-state index in [0.29, 0.717) is 17.5 Å². The van der Waals surface area contributed by atoms with Gasteiger partial charge in [0.15, 0.2) is 6.23 Å². The highest BCUT2D eigenvalue weighted by molar-refractivity contribution is 5.94. The van der Waals surface area contributed by atoms with Crippen molar-refractivity contribution < 1.29 is 23.9 Å². The van der Waals surface area contributed by atoms with E-state index in [9.17, 15) is 14.4 Å². The Kier molecular flexibility index (Phi) is 2.79. The molecule has 1 fully saturated rings. The van der Waals surface area contributed by atoms with Gasteiger partial charge in [0.2, 0.25) is 0 Å². The standard InChI is InChI=1S/C13H11NO5/c15-10-6-5-9(13(17)18-10)14-11-7-3-1-2-4-8(7)12(16)19-11/h1-4,9,11,14H,5-6H2/t9-,11+/m1/s1. The molecule has 2 aliphatic rings. The number of benzene rings is 1. The van der Waals surface area contributed by atoms with E-state index in [1.54, 1.807) is 24.3 Å². The minimum absolute atomic E-state index is 0.172. The first-order valence-corrected chi connectivity index (χ1v) is 5.95. The second-order valence-corrected chi connectivity index (χ2v) is 4.42. The number of hydrogen-bond donors (Lipinski definition) is 1. The van der Waals surface area contributed by atoms with Crippen LogP contribution in [0.15, 0.2) is 24.3 Å². The van der Waals surface area contributed by atoms with Crippen molar-refractivity contribution in [1.29, 1.82) is 0 Å². The van der Waals surface area contributed by atoms with Crippen molar-refractivity contribution in [2.24, 2.45) is 0 Å². The summed E-state index contributed by atoms with van der Waals surface area (Å²) < 4.78 is 9.71. The molecular weight excluding hydrogens is 250 g/mol. The third kappa shape index (κ3) is 2.10. The van der Waals surface area contributed by atoms with Crippen molar-refractivity contribution in [2.45, 2.75) is 25.1 Å². The maximum absolute atomic E-state index is 11.6. The van der Waals surface area contributed by atoms with Crippen molar-refractivity contribution in [3.63, 3.8) is 0 Å². The summed E-state index contributed by atoms with van der Waals surface area (Å²) in [6, 6.07) is 6.33. The molecular formula is C13H11NO5. The minimum Gasteiger partial charge on any atom is -0.439 e. The van der Waals surface area contributed by atoms with E-state index in [2.05, 4.69) is 10.1 Å². The van der Waals surface area contributed by atoms with Crippen molar-refractivity contribution >= 4 is 17.9 Å². The van der Waals surface area contributed by atoms with E-state index >= 15 is 0 Å². The summed E-state index contributed by atoms with van der Waals surface area (Å²) in [5.41, 5.74) is 1.18. The number of fused-ring (bicyclic) bond motifs is 1. The largest absolute Gasteiger partial charge is 0.439 e. The Balaban J connectivity index is 1.77. The molecule has 0 aromatic heterocycles. The molecule has 0 aliphatic carbocycles. The Morgan fingerprint density at radius 1 is 1.16 bits per heavy atom. The second-order valence-electron chi connectivity index (χ2n) is 4.42. The van der Waals surface area contributed by atoms with E-state index in [-0.39, 0.29) is 6.42 Å². The van der Waals surface area contributed by atoms with Gasteiger partial charge in [-0.2, -0.15) is 0 Å². The molecule has 0 saturated carbocycles. The molecule has 0 spiro atoms. The zero-order chi connectivity index (χ0) is 13.4. The number of esters is 3. The maximum atomic E-state index is 11.6. The molecule has 1 N–H and O–H groups in total. The summed E-state index contributed by atoms with van der Waals surface area (Å²) in [5, 5.41) is 2.90. The molecule has 19 heavy (non-hydrogen) atoms. The minimum atomic E-state index is -0.672. The van der Waals surface area contributed by atoms with Crippen LogP contribution < -0.4 is 5.32 Å².